The van der Waals surface area contributed by atoms with Gasteiger partial charge in [0.1, 0.15) is 33.3 Å². The predicted octanol–water partition coefficient (Wildman–Crippen LogP) is 3.65. The predicted molar refractivity (Wildman–Crippen MR) is 127 cm³/mol. The monoisotopic (exact) mass is 518 g/mol. The minimum absolute atomic E-state index is 0.00484. The van der Waals surface area contributed by atoms with Crippen LogP contribution in [0.25, 0.3) is 21.3 Å². The van der Waals surface area contributed by atoms with E-state index in [1.807, 2.05) is 0 Å². The first kappa shape index (κ1) is 24.8. The van der Waals surface area contributed by atoms with Crippen molar-refractivity contribution >= 4 is 44.7 Å². The third kappa shape index (κ3) is 4.17. The Hall–Kier alpha value is -4.27. The fraction of sp³-hybridized carbons (Fsp3) is 0.286. The summed E-state index contributed by atoms with van der Waals surface area (Å²) in [7, 11) is 1.67. The molecule has 0 aromatic carbocycles. The van der Waals surface area contributed by atoms with Crippen LogP contribution in [0.15, 0.2) is 18.5 Å². The zero-order valence-corrected chi connectivity index (χ0v) is 20.3. The van der Waals surface area contributed by atoms with Gasteiger partial charge < -0.3 is 11.1 Å². The first-order valence-corrected chi connectivity index (χ1v) is 11.3. The second-order valence-corrected chi connectivity index (χ2v) is 9.03. The van der Waals surface area contributed by atoms with Crippen molar-refractivity contribution in [3.8, 4) is 11.1 Å². The molecule has 0 bridgehead atoms. The number of nitro groups is 1. The minimum atomic E-state index is -2.89. The highest BCUT2D eigenvalue weighted by Gasteiger charge is 2.29. The van der Waals surface area contributed by atoms with Crippen LogP contribution in [0, 0.1) is 24.0 Å². The van der Waals surface area contributed by atoms with Gasteiger partial charge in [-0.05, 0) is 32.4 Å². The number of pyridine rings is 1. The number of alkyl halides is 2. The van der Waals surface area contributed by atoms with Crippen LogP contribution in [0.2, 0.25) is 0 Å². The van der Waals surface area contributed by atoms with E-state index in [1.165, 1.54) is 29.3 Å². The smallest absolute Gasteiger partial charge is 0.309 e. The van der Waals surface area contributed by atoms with Crippen LogP contribution in [0.4, 0.5) is 20.2 Å². The lowest BCUT2D eigenvalue weighted by Crippen LogP contribution is -2.26. The van der Waals surface area contributed by atoms with Gasteiger partial charge in [-0.25, -0.2) is 13.8 Å². The van der Waals surface area contributed by atoms with Gasteiger partial charge in [-0.1, -0.05) is 0 Å². The highest BCUT2D eigenvalue weighted by Crippen LogP contribution is 2.43. The van der Waals surface area contributed by atoms with E-state index in [0.717, 1.165) is 17.5 Å². The van der Waals surface area contributed by atoms with Crippen LogP contribution < -0.4 is 11.1 Å². The topological polar surface area (TPSA) is 164 Å². The first-order valence-electron chi connectivity index (χ1n) is 10.5. The van der Waals surface area contributed by atoms with Gasteiger partial charge in [0.2, 0.25) is 5.91 Å². The normalized spacial score (nSPS) is 12.3. The van der Waals surface area contributed by atoms with Crippen LogP contribution in [0.5, 0.6) is 0 Å². The van der Waals surface area contributed by atoms with Gasteiger partial charge in [0.25, 0.3) is 12.3 Å². The fourth-order valence-corrected chi connectivity index (χ4v) is 4.94. The van der Waals surface area contributed by atoms with E-state index in [1.54, 1.807) is 20.2 Å². The van der Waals surface area contributed by atoms with Crippen molar-refractivity contribution in [3.05, 3.63) is 50.5 Å². The van der Waals surface area contributed by atoms with Crippen molar-refractivity contribution in [2.45, 2.75) is 33.2 Å². The van der Waals surface area contributed by atoms with Gasteiger partial charge >= 0.3 is 5.69 Å². The standard InChI is InChI=1S/C21H20F2N8O4S/c1-8-12(7-29(4)28-8)11-5-13(18(22)23)26-21-15(11)16(17(36-21)19(24)32)27-20(33)10(3)30-9(2)14(6-25-30)31(34)35/h5-7,10,18H,1-4H3,(H2,24,32)(H,27,33). The number of primary amides is 1. The Morgan fingerprint density at radius 1 is 1.28 bits per heavy atom. The number of fused-ring (bicyclic) bond motifs is 1. The molecule has 12 nitrogen and oxygen atoms in total. The quantitative estimate of drug-likeness (QED) is 0.278. The number of nitrogens with zero attached hydrogens (tertiary/aromatic N) is 6. The number of hydrogen-bond donors (Lipinski definition) is 2. The molecular formula is C21H20F2N8O4S. The summed E-state index contributed by atoms with van der Waals surface area (Å²) >= 11 is 0.773. The van der Waals surface area contributed by atoms with Crippen LogP contribution in [0.3, 0.4) is 0 Å². The zero-order chi connectivity index (χ0) is 26.5. The average Bonchev–Trinajstić information content (AvgIpc) is 3.47. The number of halogens is 2. The molecule has 36 heavy (non-hydrogen) atoms. The van der Waals surface area contributed by atoms with E-state index in [0.29, 0.717) is 16.8 Å². The van der Waals surface area contributed by atoms with Crippen LogP contribution in [0.1, 0.15) is 46.1 Å². The minimum Gasteiger partial charge on any atom is -0.365 e. The van der Waals surface area contributed by atoms with Gasteiger partial charge in [-0.3, -0.25) is 29.1 Å². The van der Waals surface area contributed by atoms with Crippen LogP contribution in [-0.2, 0) is 11.8 Å². The molecule has 1 atom stereocenters. The Labute approximate surface area is 205 Å². The molecule has 0 saturated carbocycles. The Bertz CT molecular complexity index is 1540. The zero-order valence-electron chi connectivity index (χ0n) is 19.4. The van der Waals surface area contributed by atoms with Crippen molar-refractivity contribution in [1.82, 2.24) is 24.5 Å². The number of hydrogen-bond acceptors (Lipinski definition) is 8. The van der Waals surface area contributed by atoms with E-state index >= 15 is 0 Å². The summed E-state index contributed by atoms with van der Waals surface area (Å²) in [4.78, 5) is 40.0. The summed E-state index contributed by atoms with van der Waals surface area (Å²) in [5, 5.41) is 22.3. The van der Waals surface area contributed by atoms with Gasteiger partial charge in [-0.15, -0.1) is 11.3 Å². The van der Waals surface area contributed by atoms with E-state index in [2.05, 4.69) is 20.5 Å². The van der Waals surface area contributed by atoms with Crippen molar-refractivity contribution < 1.29 is 23.3 Å². The number of anilines is 1. The Morgan fingerprint density at radius 3 is 2.50 bits per heavy atom. The lowest BCUT2D eigenvalue weighted by molar-refractivity contribution is -0.385. The van der Waals surface area contributed by atoms with Gasteiger partial charge in [-0.2, -0.15) is 10.2 Å². The summed E-state index contributed by atoms with van der Waals surface area (Å²) in [6.45, 7) is 4.61. The second kappa shape index (κ2) is 9.07. The van der Waals surface area contributed by atoms with Gasteiger partial charge in [0.05, 0.1) is 16.3 Å². The Kier molecular flexibility index (Phi) is 6.26. The molecule has 1 unspecified atom stereocenters. The average molecular weight is 519 g/mol. The van der Waals surface area contributed by atoms with Crippen molar-refractivity contribution in [1.29, 1.82) is 0 Å². The number of rotatable bonds is 7. The molecule has 0 fully saturated rings. The van der Waals surface area contributed by atoms with Crippen molar-refractivity contribution in [3.63, 3.8) is 0 Å². The molecule has 2 amide bonds. The van der Waals surface area contributed by atoms with Gasteiger partial charge in [0.15, 0.2) is 0 Å². The maximum atomic E-state index is 13.7. The SMILES string of the molecule is Cc1nn(C)cc1-c1cc(C(F)F)nc2sc(C(N)=O)c(NC(=O)C(C)n3ncc([N+](=O)[O-])c3C)c12. The molecule has 0 saturated heterocycles. The highest BCUT2D eigenvalue weighted by atomic mass is 32.1. The number of thiophene rings is 1. The molecule has 188 valence electrons. The Morgan fingerprint density at radius 2 is 1.97 bits per heavy atom. The molecule has 4 aromatic heterocycles. The van der Waals surface area contributed by atoms with Crippen molar-refractivity contribution in [2.75, 3.05) is 5.32 Å². The van der Waals surface area contributed by atoms with E-state index < -0.39 is 34.9 Å². The summed E-state index contributed by atoms with van der Waals surface area (Å²) in [5.74, 6) is -1.55. The third-order valence-electron chi connectivity index (χ3n) is 5.64. The largest absolute Gasteiger partial charge is 0.365 e. The summed E-state index contributed by atoms with van der Waals surface area (Å²) in [6, 6.07) is 0.167. The second-order valence-electron chi connectivity index (χ2n) is 8.03. The number of carbonyl (C=O) groups excluding carboxylic acids is 2. The Balaban J connectivity index is 1.89. The molecule has 0 radical (unpaired) electrons. The van der Waals surface area contributed by atoms with Gasteiger partial charge in [0, 0.05) is 24.2 Å². The molecular weight excluding hydrogens is 498 g/mol. The summed E-state index contributed by atoms with van der Waals surface area (Å²) < 4.78 is 30.0. The lowest BCUT2D eigenvalue weighted by atomic mass is 10.0. The van der Waals surface area contributed by atoms with E-state index in [-0.39, 0.29) is 32.2 Å². The first-order chi connectivity index (χ1) is 16.9. The molecule has 4 rings (SSSR count). The molecule has 0 aliphatic rings. The molecule has 0 aliphatic carbocycles. The number of nitrogens with two attached hydrogens (primary N) is 1. The van der Waals surface area contributed by atoms with Crippen molar-refractivity contribution in [2.24, 2.45) is 12.8 Å². The van der Waals surface area contributed by atoms with E-state index in [9.17, 15) is 28.5 Å². The highest BCUT2D eigenvalue weighted by molar-refractivity contribution is 7.21. The summed E-state index contributed by atoms with van der Waals surface area (Å²) in [5.41, 5.74) is 6.27. The molecule has 3 N–H and O–H groups in total. The molecule has 4 heterocycles. The maximum Gasteiger partial charge on any atom is 0.309 e. The molecule has 0 aliphatic heterocycles. The maximum absolute atomic E-state index is 13.7. The number of aryl methyl sites for hydroxylation is 2. The molecule has 15 heteroatoms. The number of carbonyl (C=O) groups is 2. The number of aromatic nitrogens is 5. The van der Waals surface area contributed by atoms with Crippen LogP contribution >= 0.6 is 11.3 Å². The fourth-order valence-electron chi connectivity index (χ4n) is 3.92. The molecule has 4 aromatic rings. The van der Waals surface area contributed by atoms with Crippen LogP contribution in [-0.4, -0.2) is 41.3 Å². The number of amides is 2. The summed E-state index contributed by atoms with van der Waals surface area (Å²) in [6.07, 6.45) is -0.227. The molecule has 0 spiro atoms. The number of nitrogens with one attached hydrogen (secondary N) is 1. The van der Waals surface area contributed by atoms with E-state index in [4.69, 9.17) is 5.73 Å². The lowest BCUT2D eigenvalue weighted by Gasteiger charge is -2.15. The third-order valence-corrected chi connectivity index (χ3v) is 6.74.